The summed E-state index contributed by atoms with van der Waals surface area (Å²) in [4.78, 5) is 31.1. The lowest BCUT2D eigenvalue weighted by molar-refractivity contribution is 0.473. The second-order valence-corrected chi connectivity index (χ2v) is 11.2. The van der Waals surface area contributed by atoms with Gasteiger partial charge in [0.25, 0.3) is 5.56 Å². The van der Waals surface area contributed by atoms with E-state index in [1.807, 2.05) is 66.1 Å². The van der Waals surface area contributed by atoms with Gasteiger partial charge >= 0.3 is 5.63 Å². The van der Waals surface area contributed by atoms with Crippen LogP contribution in [0.4, 0.5) is 0 Å². The molecular weight excluding hydrogens is 539 g/mol. The lowest BCUT2D eigenvalue weighted by atomic mass is 10.1. The van der Waals surface area contributed by atoms with Crippen LogP contribution in [0.15, 0.2) is 98.0 Å². The maximum absolute atomic E-state index is 13.9. The summed E-state index contributed by atoms with van der Waals surface area (Å²) in [6.07, 6.45) is 0. The molecule has 0 saturated heterocycles. The Balaban J connectivity index is 1.56. The molecule has 0 amide bonds. The van der Waals surface area contributed by atoms with Gasteiger partial charge in [0.15, 0.2) is 14.8 Å². The number of aryl methyl sites for hydroxylation is 1. The Hall–Kier alpha value is -3.99. The Morgan fingerprint density at radius 1 is 1.00 bits per heavy atom. The first-order chi connectivity index (χ1) is 18.4. The van der Waals surface area contributed by atoms with Gasteiger partial charge in [-0.2, -0.15) is 0 Å². The van der Waals surface area contributed by atoms with Crippen molar-refractivity contribution in [1.82, 2.24) is 14.1 Å². The van der Waals surface area contributed by atoms with Crippen LogP contribution in [0.3, 0.4) is 0 Å². The molecule has 3 aromatic heterocycles. The minimum absolute atomic E-state index is 0.00780. The minimum Gasteiger partial charge on any atom is -0.508 e. The largest absolute Gasteiger partial charge is 0.508 e. The van der Waals surface area contributed by atoms with E-state index in [9.17, 15) is 14.7 Å². The van der Waals surface area contributed by atoms with Crippen LogP contribution in [0.1, 0.15) is 11.1 Å². The Morgan fingerprint density at radius 2 is 1.76 bits per heavy atom. The summed E-state index contributed by atoms with van der Waals surface area (Å²) in [6, 6.07) is 23.2. The molecule has 1 N–H and O–H groups in total. The fraction of sp³-hybridized carbons (Fsp3) is 0.0714. The number of benzene rings is 3. The van der Waals surface area contributed by atoms with Crippen molar-refractivity contribution in [2.24, 2.45) is 0 Å². The maximum atomic E-state index is 13.9. The van der Waals surface area contributed by atoms with Gasteiger partial charge in [-0.15, -0.1) is 0 Å². The van der Waals surface area contributed by atoms with Gasteiger partial charge in [-0.25, -0.2) is 9.78 Å². The van der Waals surface area contributed by atoms with Crippen molar-refractivity contribution in [1.29, 1.82) is 0 Å². The van der Waals surface area contributed by atoms with Gasteiger partial charge in [0.1, 0.15) is 16.0 Å². The average Bonchev–Trinajstić information content (AvgIpc) is 3.23. The summed E-state index contributed by atoms with van der Waals surface area (Å²) in [5, 5.41) is 11.0. The smallest absolute Gasteiger partial charge is 0.336 e. The highest BCUT2D eigenvalue weighted by atomic mass is 32.2. The number of phenols is 1. The zero-order chi connectivity index (χ0) is 26.4. The van der Waals surface area contributed by atoms with Crippen LogP contribution in [0.25, 0.3) is 32.7 Å². The topological polar surface area (TPSA) is 90.3 Å². The molecule has 3 aromatic carbocycles. The number of para-hydroxylation sites is 2. The van der Waals surface area contributed by atoms with Gasteiger partial charge < -0.3 is 9.52 Å². The molecule has 38 heavy (non-hydrogen) atoms. The van der Waals surface area contributed by atoms with Gasteiger partial charge in [-0.05, 0) is 60.6 Å². The molecule has 6 rings (SSSR count). The van der Waals surface area contributed by atoms with Crippen molar-refractivity contribution in [3.8, 4) is 17.1 Å². The Morgan fingerprint density at radius 3 is 2.55 bits per heavy atom. The first kappa shape index (κ1) is 24.4. The van der Waals surface area contributed by atoms with Gasteiger partial charge in [0, 0.05) is 23.3 Å². The third-order valence-corrected chi connectivity index (χ3v) is 8.46. The molecule has 3 heterocycles. The lowest BCUT2D eigenvalue weighted by Crippen LogP contribution is -2.21. The van der Waals surface area contributed by atoms with E-state index in [4.69, 9.17) is 21.6 Å². The second kappa shape index (κ2) is 9.71. The van der Waals surface area contributed by atoms with E-state index in [2.05, 4.69) is 0 Å². The highest BCUT2D eigenvalue weighted by molar-refractivity contribution is 7.98. The van der Waals surface area contributed by atoms with E-state index in [0.717, 1.165) is 11.3 Å². The third kappa shape index (κ3) is 4.26. The molecule has 188 valence electrons. The normalized spacial score (nSPS) is 11.4. The molecule has 0 saturated carbocycles. The molecule has 0 aliphatic carbocycles. The first-order valence-electron chi connectivity index (χ1n) is 11.6. The molecule has 0 aliphatic rings. The van der Waals surface area contributed by atoms with E-state index < -0.39 is 5.63 Å². The molecule has 6 aromatic rings. The Kier molecular flexibility index (Phi) is 6.22. The van der Waals surface area contributed by atoms with Crippen LogP contribution in [0.2, 0.25) is 0 Å². The molecule has 0 fully saturated rings. The van der Waals surface area contributed by atoms with E-state index in [0.29, 0.717) is 47.4 Å². The number of hydrogen-bond donors (Lipinski definition) is 1. The summed E-state index contributed by atoms with van der Waals surface area (Å²) in [5.41, 5.74) is 3.32. The summed E-state index contributed by atoms with van der Waals surface area (Å²) in [6.45, 7) is 1.99. The number of nitrogens with zero attached hydrogens (tertiary/aromatic N) is 3. The van der Waals surface area contributed by atoms with Crippen LogP contribution in [-0.2, 0) is 5.75 Å². The Labute approximate surface area is 229 Å². The van der Waals surface area contributed by atoms with Crippen molar-refractivity contribution in [2.45, 2.75) is 17.8 Å². The zero-order valence-corrected chi connectivity index (χ0v) is 22.4. The molecule has 0 radical (unpaired) electrons. The predicted octanol–water partition coefficient (Wildman–Crippen LogP) is 6.38. The molecule has 0 aliphatic heterocycles. The quantitative estimate of drug-likeness (QED) is 0.114. The SMILES string of the molecule is Cc1ccccc1-n1c(=S)sc2c(=O)n(-c3ccccc3)c(SCc3cc(=O)oc4cc(O)ccc34)nc21. The maximum Gasteiger partial charge on any atom is 0.336 e. The third-order valence-electron chi connectivity index (χ3n) is 6.12. The summed E-state index contributed by atoms with van der Waals surface area (Å²) < 4.78 is 9.71. The van der Waals surface area contributed by atoms with Crippen LogP contribution in [-0.4, -0.2) is 19.2 Å². The van der Waals surface area contributed by atoms with Crippen molar-refractivity contribution >= 4 is 56.6 Å². The molecule has 0 spiro atoms. The number of phenolic OH excluding ortho intramolecular Hbond substituents is 1. The highest BCUT2D eigenvalue weighted by Gasteiger charge is 2.20. The number of aromatic nitrogens is 3. The van der Waals surface area contributed by atoms with Crippen LogP contribution >= 0.6 is 35.3 Å². The number of rotatable bonds is 5. The van der Waals surface area contributed by atoms with E-state index in [1.54, 1.807) is 16.7 Å². The molecule has 0 unspecified atom stereocenters. The Bertz CT molecular complexity index is 2020. The molecule has 10 heteroatoms. The molecule has 7 nitrogen and oxygen atoms in total. The summed E-state index contributed by atoms with van der Waals surface area (Å²) in [5.74, 6) is 0.348. The standard InChI is InChI=1S/C28H19N3O4S3/c1-16-7-5-6-10-21(16)31-25-24(38-28(31)36)26(34)30(18-8-3-2-4-9-18)27(29-25)37-15-17-13-23(33)35-22-14-19(32)11-12-20(17)22/h2-14,32H,15H2,1H3. The van der Waals surface area contributed by atoms with E-state index in [-0.39, 0.29) is 11.3 Å². The van der Waals surface area contributed by atoms with Crippen LogP contribution < -0.4 is 11.2 Å². The van der Waals surface area contributed by atoms with Gasteiger partial charge in [-0.3, -0.25) is 13.9 Å². The van der Waals surface area contributed by atoms with E-state index in [1.165, 1.54) is 35.2 Å². The van der Waals surface area contributed by atoms with E-state index >= 15 is 0 Å². The fourth-order valence-corrected chi connectivity index (χ4v) is 6.63. The molecule has 0 bridgehead atoms. The fourth-order valence-electron chi connectivity index (χ4n) is 4.34. The second-order valence-electron chi connectivity index (χ2n) is 8.57. The van der Waals surface area contributed by atoms with Crippen molar-refractivity contribution in [3.63, 3.8) is 0 Å². The molecule has 0 atom stereocenters. The number of hydrogen-bond acceptors (Lipinski definition) is 8. The summed E-state index contributed by atoms with van der Waals surface area (Å²) >= 11 is 8.27. The van der Waals surface area contributed by atoms with Crippen molar-refractivity contribution < 1.29 is 9.52 Å². The minimum atomic E-state index is -0.520. The van der Waals surface area contributed by atoms with Crippen molar-refractivity contribution in [3.05, 3.63) is 115 Å². The van der Waals surface area contributed by atoms with Crippen LogP contribution in [0, 0.1) is 10.9 Å². The van der Waals surface area contributed by atoms with Gasteiger partial charge in [-0.1, -0.05) is 59.5 Å². The first-order valence-corrected chi connectivity index (χ1v) is 13.8. The number of fused-ring (bicyclic) bond motifs is 2. The lowest BCUT2D eigenvalue weighted by Gasteiger charge is -2.14. The number of aromatic hydroxyl groups is 1. The van der Waals surface area contributed by atoms with Gasteiger partial charge in [0.2, 0.25) is 0 Å². The van der Waals surface area contributed by atoms with Gasteiger partial charge in [0.05, 0.1) is 11.4 Å². The zero-order valence-electron chi connectivity index (χ0n) is 20.0. The number of thioether (sulfide) groups is 1. The van der Waals surface area contributed by atoms with Crippen molar-refractivity contribution in [2.75, 3.05) is 0 Å². The summed E-state index contributed by atoms with van der Waals surface area (Å²) in [7, 11) is 0. The molecular formula is C28H19N3O4S3. The highest BCUT2D eigenvalue weighted by Crippen LogP contribution is 2.31. The average molecular weight is 558 g/mol. The van der Waals surface area contributed by atoms with Crippen LogP contribution in [0.5, 0.6) is 5.75 Å². The monoisotopic (exact) mass is 557 g/mol. The predicted molar refractivity (Wildman–Crippen MR) is 154 cm³/mol. The number of thiazole rings is 1.